The topological polar surface area (TPSA) is 12.9 Å². The van der Waals surface area contributed by atoms with Crippen molar-refractivity contribution in [2.45, 2.75) is 13.3 Å². The van der Waals surface area contributed by atoms with Crippen LogP contribution in [-0.4, -0.2) is 4.98 Å². The van der Waals surface area contributed by atoms with Gasteiger partial charge in [-0.1, -0.05) is 22.9 Å². The van der Waals surface area contributed by atoms with E-state index in [2.05, 4.69) is 20.9 Å². The van der Waals surface area contributed by atoms with Gasteiger partial charge in [-0.05, 0) is 24.6 Å². The molecule has 2 rings (SSSR count). The molecular weight excluding hydrogens is 245 g/mol. The number of hydrogen-bond donors (Lipinski definition) is 0. The molecule has 0 radical (unpaired) electrons. The number of fused-ring (bicyclic) bond motifs is 1. The highest BCUT2D eigenvalue weighted by atomic mass is 79.9. The van der Waals surface area contributed by atoms with E-state index in [-0.39, 0.29) is 5.82 Å². The normalized spacial score (nSPS) is 10.8. The summed E-state index contributed by atoms with van der Waals surface area (Å²) in [5.41, 5.74) is 0.912. The van der Waals surface area contributed by atoms with Gasteiger partial charge in [0.1, 0.15) is 5.82 Å². The van der Waals surface area contributed by atoms with Crippen molar-refractivity contribution in [3.05, 3.63) is 40.4 Å². The Morgan fingerprint density at radius 2 is 2.14 bits per heavy atom. The van der Waals surface area contributed by atoms with Crippen LogP contribution in [0.15, 0.2) is 28.9 Å². The number of rotatable bonds is 1. The molecule has 0 bridgehead atoms. The van der Waals surface area contributed by atoms with Crippen LogP contribution in [0.4, 0.5) is 4.39 Å². The van der Waals surface area contributed by atoms with Gasteiger partial charge in [0.2, 0.25) is 0 Å². The van der Waals surface area contributed by atoms with Crippen molar-refractivity contribution in [3.63, 3.8) is 0 Å². The van der Waals surface area contributed by atoms with Gasteiger partial charge < -0.3 is 0 Å². The number of aryl methyl sites for hydroxylation is 1. The lowest BCUT2D eigenvalue weighted by Crippen LogP contribution is -1.89. The molecule has 0 aliphatic heterocycles. The second kappa shape index (κ2) is 3.65. The summed E-state index contributed by atoms with van der Waals surface area (Å²) in [4.78, 5) is 4.23. The van der Waals surface area contributed by atoms with Crippen LogP contribution in [0.1, 0.15) is 12.6 Å². The SMILES string of the molecule is CCc1cc2c(F)ccc(Br)c2cn1. The zero-order chi connectivity index (χ0) is 10.1. The molecule has 14 heavy (non-hydrogen) atoms. The molecule has 0 saturated heterocycles. The van der Waals surface area contributed by atoms with E-state index in [1.807, 2.05) is 6.92 Å². The van der Waals surface area contributed by atoms with Crippen LogP contribution in [0.25, 0.3) is 10.8 Å². The minimum atomic E-state index is -0.194. The van der Waals surface area contributed by atoms with Crippen molar-refractivity contribution < 1.29 is 4.39 Å². The van der Waals surface area contributed by atoms with Crippen molar-refractivity contribution in [1.29, 1.82) is 0 Å². The van der Waals surface area contributed by atoms with Crippen molar-refractivity contribution >= 4 is 26.7 Å². The van der Waals surface area contributed by atoms with E-state index >= 15 is 0 Å². The van der Waals surface area contributed by atoms with Crippen molar-refractivity contribution in [1.82, 2.24) is 4.98 Å². The van der Waals surface area contributed by atoms with Gasteiger partial charge in [-0.25, -0.2) is 4.39 Å². The molecule has 72 valence electrons. The summed E-state index contributed by atoms with van der Waals surface area (Å²) in [5.74, 6) is -0.194. The molecule has 0 atom stereocenters. The molecule has 1 nitrogen and oxygen atoms in total. The number of hydrogen-bond acceptors (Lipinski definition) is 1. The fourth-order valence-electron chi connectivity index (χ4n) is 1.41. The lowest BCUT2D eigenvalue weighted by molar-refractivity contribution is 0.639. The average molecular weight is 254 g/mol. The molecule has 0 fully saturated rings. The third-order valence-electron chi connectivity index (χ3n) is 2.21. The molecule has 0 spiro atoms. The number of halogens is 2. The molecule has 0 unspecified atom stereocenters. The predicted octanol–water partition coefficient (Wildman–Crippen LogP) is 3.70. The molecule has 1 aromatic heterocycles. The lowest BCUT2D eigenvalue weighted by Gasteiger charge is -2.03. The minimum absolute atomic E-state index is 0.194. The Balaban J connectivity index is 2.80. The number of benzene rings is 1. The van der Waals surface area contributed by atoms with Crippen LogP contribution < -0.4 is 0 Å². The van der Waals surface area contributed by atoms with Crippen molar-refractivity contribution in [2.24, 2.45) is 0 Å². The number of pyridine rings is 1. The molecule has 3 heteroatoms. The van der Waals surface area contributed by atoms with Crippen LogP contribution >= 0.6 is 15.9 Å². The first kappa shape index (κ1) is 9.59. The zero-order valence-corrected chi connectivity index (χ0v) is 9.31. The van der Waals surface area contributed by atoms with Crippen molar-refractivity contribution in [3.8, 4) is 0 Å². The molecular formula is C11H9BrFN. The van der Waals surface area contributed by atoms with E-state index in [9.17, 15) is 4.39 Å². The van der Waals surface area contributed by atoms with E-state index in [0.717, 1.165) is 22.0 Å². The Morgan fingerprint density at radius 1 is 1.36 bits per heavy atom. The Labute approximate surface area is 90.1 Å². The maximum Gasteiger partial charge on any atom is 0.131 e. The van der Waals surface area contributed by atoms with E-state index in [1.54, 1.807) is 18.3 Å². The highest BCUT2D eigenvalue weighted by Crippen LogP contribution is 2.25. The summed E-state index contributed by atoms with van der Waals surface area (Å²) in [6.45, 7) is 2.00. The fraction of sp³-hybridized carbons (Fsp3) is 0.182. The van der Waals surface area contributed by atoms with Gasteiger partial charge in [0.25, 0.3) is 0 Å². The van der Waals surface area contributed by atoms with Gasteiger partial charge in [-0.15, -0.1) is 0 Å². The minimum Gasteiger partial charge on any atom is -0.261 e. The second-order valence-electron chi connectivity index (χ2n) is 3.10. The molecule has 1 aromatic carbocycles. The third-order valence-corrected chi connectivity index (χ3v) is 2.90. The van der Waals surface area contributed by atoms with Gasteiger partial charge in [0, 0.05) is 27.1 Å². The van der Waals surface area contributed by atoms with Crippen LogP contribution in [0, 0.1) is 5.82 Å². The lowest BCUT2D eigenvalue weighted by atomic mass is 10.1. The molecule has 0 aliphatic carbocycles. The monoisotopic (exact) mass is 253 g/mol. The maximum absolute atomic E-state index is 13.4. The van der Waals surface area contributed by atoms with E-state index < -0.39 is 0 Å². The fourth-order valence-corrected chi connectivity index (χ4v) is 1.85. The second-order valence-corrected chi connectivity index (χ2v) is 3.96. The number of nitrogens with zero attached hydrogens (tertiary/aromatic N) is 1. The van der Waals surface area contributed by atoms with Crippen LogP contribution in [-0.2, 0) is 6.42 Å². The Morgan fingerprint density at radius 3 is 2.86 bits per heavy atom. The first-order chi connectivity index (χ1) is 6.72. The molecule has 0 amide bonds. The van der Waals surface area contributed by atoms with Gasteiger partial charge in [0.15, 0.2) is 0 Å². The third kappa shape index (κ3) is 1.52. The summed E-state index contributed by atoms with van der Waals surface area (Å²) in [6.07, 6.45) is 2.53. The first-order valence-corrected chi connectivity index (χ1v) is 5.24. The maximum atomic E-state index is 13.4. The zero-order valence-electron chi connectivity index (χ0n) is 7.72. The summed E-state index contributed by atoms with van der Waals surface area (Å²) in [5, 5.41) is 1.45. The Bertz CT molecular complexity index is 482. The van der Waals surface area contributed by atoms with E-state index in [4.69, 9.17) is 0 Å². The predicted molar refractivity (Wildman–Crippen MR) is 58.8 cm³/mol. The summed E-state index contributed by atoms with van der Waals surface area (Å²) in [7, 11) is 0. The summed E-state index contributed by atoms with van der Waals surface area (Å²) in [6, 6.07) is 4.96. The quantitative estimate of drug-likeness (QED) is 0.756. The molecule has 0 N–H and O–H groups in total. The first-order valence-electron chi connectivity index (χ1n) is 4.45. The molecule has 0 saturated carbocycles. The molecule has 0 aliphatic rings. The van der Waals surface area contributed by atoms with Crippen molar-refractivity contribution in [2.75, 3.05) is 0 Å². The average Bonchev–Trinajstić information content (AvgIpc) is 2.23. The molecule has 2 aromatic rings. The van der Waals surface area contributed by atoms with E-state index in [0.29, 0.717) is 5.39 Å². The standard InChI is InChI=1S/C11H9BrFN/c1-2-7-5-8-9(6-14-7)10(12)3-4-11(8)13/h3-6H,2H2,1H3. The number of aromatic nitrogens is 1. The van der Waals surface area contributed by atoms with Crippen LogP contribution in [0.2, 0.25) is 0 Å². The van der Waals surface area contributed by atoms with Gasteiger partial charge in [0.05, 0.1) is 0 Å². The van der Waals surface area contributed by atoms with Gasteiger partial charge in [-0.2, -0.15) is 0 Å². The van der Waals surface area contributed by atoms with E-state index in [1.165, 1.54) is 6.07 Å². The smallest absolute Gasteiger partial charge is 0.131 e. The Hall–Kier alpha value is -0.960. The summed E-state index contributed by atoms with van der Waals surface area (Å²) < 4.78 is 14.3. The highest BCUT2D eigenvalue weighted by molar-refractivity contribution is 9.10. The van der Waals surface area contributed by atoms with Gasteiger partial charge >= 0.3 is 0 Å². The van der Waals surface area contributed by atoms with Gasteiger partial charge in [-0.3, -0.25) is 4.98 Å². The molecule has 1 heterocycles. The van der Waals surface area contributed by atoms with Crippen LogP contribution in [0.5, 0.6) is 0 Å². The van der Waals surface area contributed by atoms with Crippen LogP contribution in [0.3, 0.4) is 0 Å². The summed E-state index contributed by atoms with van der Waals surface area (Å²) >= 11 is 3.37. The Kier molecular flexibility index (Phi) is 2.50. The highest BCUT2D eigenvalue weighted by Gasteiger charge is 2.05. The largest absolute Gasteiger partial charge is 0.261 e.